The average Bonchev–Trinajstić information content (AvgIpc) is 2.65. The zero-order valence-electron chi connectivity index (χ0n) is 17.1. The fourth-order valence-electron chi connectivity index (χ4n) is 4.01. The topological polar surface area (TPSA) is 78.5 Å². The largest absolute Gasteiger partial charge is 0.325 e. The Bertz CT molecular complexity index is 758. The summed E-state index contributed by atoms with van der Waals surface area (Å²) in [4.78, 5) is 15.3. The molecule has 2 N–H and O–H groups in total. The van der Waals surface area contributed by atoms with E-state index in [1.165, 1.54) is 24.7 Å². The number of nitrogens with zero attached hydrogens (tertiary/aromatic N) is 1. The van der Waals surface area contributed by atoms with Crippen molar-refractivity contribution in [2.24, 2.45) is 5.92 Å². The summed E-state index contributed by atoms with van der Waals surface area (Å²) < 4.78 is 23.4. The Kier molecular flexibility index (Phi) is 9.89. The third kappa shape index (κ3) is 6.31. The molecule has 0 spiro atoms. The second-order valence-corrected chi connectivity index (χ2v) is 10.5. The number of benzene rings is 1. The van der Waals surface area contributed by atoms with E-state index in [4.69, 9.17) is 0 Å². The van der Waals surface area contributed by atoms with Gasteiger partial charge in [-0.25, -0.2) is 8.42 Å². The molecule has 2 aliphatic rings. The van der Waals surface area contributed by atoms with Gasteiger partial charge in [-0.2, -0.15) is 0 Å². The molecule has 3 rings (SSSR count). The summed E-state index contributed by atoms with van der Waals surface area (Å²) >= 11 is 0. The molecular formula is C20H33Cl2N3O3S. The molecule has 166 valence electrons. The number of halogens is 2. The first-order valence-electron chi connectivity index (χ1n) is 9.83. The van der Waals surface area contributed by atoms with Gasteiger partial charge in [0, 0.05) is 18.5 Å². The van der Waals surface area contributed by atoms with Crippen LogP contribution in [0.3, 0.4) is 0 Å². The van der Waals surface area contributed by atoms with Crippen molar-refractivity contribution in [3.05, 3.63) is 29.8 Å². The summed E-state index contributed by atoms with van der Waals surface area (Å²) in [6.07, 6.45) is 4.28. The lowest BCUT2D eigenvalue weighted by molar-refractivity contribution is -0.119. The van der Waals surface area contributed by atoms with Crippen LogP contribution in [0, 0.1) is 5.92 Å². The average molecular weight is 466 g/mol. The van der Waals surface area contributed by atoms with E-state index < -0.39 is 20.5 Å². The van der Waals surface area contributed by atoms with Crippen LogP contribution in [0.25, 0.3) is 0 Å². The van der Waals surface area contributed by atoms with Crippen molar-refractivity contribution < 1.29 is 13.2 Å². The highest BCUT2D eigenvalue weighted by molar-refractivity contribution is 7.92. The Balaban J connectivity index is 0.00000210. The molecule has 1 amide bonds. The minimum atomic E-state index is -3.50. The lowest BCUT2D eigenvalue weighted by atomic mass is 9.95. The molecule has 2 heterocycles. The maximum Gasteiger partial charge on any atom is 0.245 e. The molecule has 2 aliphatic heterocycles. The Morgan fingerprint density at radius 2 is 1.69 bits per heavy atom. The standard InChI is InChI=1S/C20H31N3O3S.2ClH/c1-16-7-13-23(14-8-16)15-17-3-5-18(6-4-17)22-19(24)20(27(2,25)26)9-11-21-12-10-20;;/h3-6,16,21H,7-15H2,1-2H3,(H,22,24);2*1H. The fourth-order valence-corrected chi connectivity index (χ4v) is 5.35. The van der Waals surface area contributed by atoms with Crippen molar-refractivity contribution in [2.45, 2.75) is 43.9 Å². The second-order valence-electron chi connectivity index (χ2n) is 8.13. The lowest BCUT2D eigenvalue weighted by Gasteiger charge is -2.34. The van der Waals surface area contributed by atoms with Crippen LogP contribution < -0.4 is 10.6 Å². The van der Waals surface area contributed by atoms with Crippen LogP contribution >= 0.6 is 24.8 Å². The number of amides is 1. The summed E-state index contributed by atoms with van der Waals surface area (Å²) in [7, 11) is -3.50. The lowest BCUT2D eigenvalue weighted by Crippen LogP contribution is -2.55. The first-order chi connectivity index (χ1) is 12.8. The van der Waals surface area contributed by atoms with Crippen molar-refractivity contribution >= 4 is 46.2 Å². The van der Waals surface area contributed by atoms with Gasteiger partial charge in [0.1, 0.15) is 0 Å². The molecule has 0 bridgehead atoms. The van der Waals surface area contributed by atoms with Gasteiger partial charge in [0.15, 0.2) is 14.6 Å². The zero-order chi connectivity index (χ0) is 19.5. The van der Waals surface area contributed by atoms with Crippen molar-refractivity contribution in [3.63, 3.8) is 0 Å². The van der Waals surface area contributed by atoms with Crippen LogP contribution in [0.4, 0.5) is 5.69 Å². The third-order valence-electron chi connectivity index (χ3n) is 6.03. The second kappa shape index (κ2) is 11.0. The molecule has 1 aromatic rings. The van der Waals surface area contributed by atoms with Crippen LogP contribution in [-0.4, -0.2) is 56.4 Å². The van der Waals surface area contributed by atoms with Crippen molar-refractivity contribution in [3.8, 4) is 0 Å². The summed E-state index contributed by atoms with van der Waals surface area (Å²) in [6.45, 7) is 6.55. The molecule has 1 aromatic carbocycles. The van der Waals surface area contributed by atoms with E-state index in [9.17, 15) is 13.2 Å². The number of carbonyl (C=O) groups excluding carboxylic acids is 1. The van der Waals surface area contributed by atoms with Crippen LogP contribution in [0.1, 0.15) is 38.2 Å². The number of rotatable bonds is 5. The minimum absolute atomic E-state index is 0. The van der Waals surface area contributed by atoms with Gasteiger partial charge in [0.2, 0.25) is 5.91 Å². The molecule has 29 heavy (non-hydrogen) atoms. The summed E-state index contributed by atoms with van der Waals surface area (Å²) in [5.74, 6) is 0.403. The smallest absolute Gasteiger partial charge is 0.245 e. The zero-order valence-corrected chi connectivity index (χ0v) is 19.6. The maximum absolute atomic E-state index is 12.8. The Hall–Kier alpha value is -0.860. The quantitative estimate of drug-likeness (QED) is 0.698. The van der Waals surface area contributed by atoms with Gasteiger partial charge in [-0.1, -0.05) is 19.1 Å². The molecule has 0 aromatic heterocycles. The van der Waals surface area contributed by atoms with E-state index in [1.54, 1.807) is 0 Å². The summed E-state index contributed by atoms with van der Waals surface area (Å²) in [6, 6.07) is 7.78. The fraction of sp³-hybridized carbons (Fsp3) is 0.650. The first kappa shape index (κ1) is 26.2. The number of likely N-dealkylation sites (tertiary alicyclic amines) is 1. The van der Waals surface area contributed by atoms with Gasteiger partial charge < -0.3 is 10.6 Å². The number of carbonyl (C=O) groups is 1. The molecule has 0 radical (unpaired) electrons. The van der Waals surface area contributed by atoms with Gasteiger partial charge in [-0.15, -0.1) is 24.8 Å². The van der Waals surface area contributed by atoms with E-state index in [0.717, 1.165) is 25.6 Å². The van der Waals surface area contributed by atoms with E-state index in [-0.39, 0.29) is 24.8 Å². The van der Waals surface area contributed by atoms with Gasteiger partial charge in [-0.05, 0) is 75.5 Å². The molecule has 0 saturated carbocycles. The molecule has 0 aliphatic carbocycles. The monoisotopic (exact) mass is 465 g/mol. The molecule has 9 heteroatoms. The van der Waals surface area contributed by atoms with Gasteiger partial charge >= 0.3 is 0 Å². The van der Waals surface area contributed by atoms with Gasteiger partial charge in [0.05, 0.1) is 0 Å². The first-order valence-corrected chi connectivity index (χ1v) is 11.7. The Morgan fingerprint density at radius 3 is 2.21 bits per heavy atom. The molecule has 6 nitrogen and oxygen atoms in total. The highest BCUT2D eigenvalue weighted by Crippen LogP contribution is 2.29. The summed E-state index contributed by atoms with van der Waals surface area (Å²) in [5, 5.41) is 5.97. The van der Waals surface area contributed by atoms with Crippen molar-refractivity contribution in [2.75, 3.05) is 37.8 Å². The van der Waals surface area contributed by atoms with Crippen molar-refractivity contribution in [1.82, 2.24) is 10.2 Å². The predicted octanol–water partition coefficient (Wildman–Crippen LogP) is 2.87. The normalized spacial score (nSPS) is 20.2. The number of hydrogen-bond acceptors (Lipinski definition) is 5. The van der Waals surface area contributed by atoms with Crippen LogP contribution in [0.15, 0.2) is 24.3 Å². The summed E-state index contributed by atoms with van der Waals surface area (Å²) in [5.41, 5.74) is 1.86. The highest BCUT2D eigenvalue weighted by Gasteiger charge is 2.48. The Morgan fingerprint density at radius 1 is 1.14 bits per heavy atom. The minimum Gasteiger partial charge on any atom is -0.325 e. The number of sulfone groups is 1. The molecule has 0 atom stereocenters. The SMILES string of the molecule is CC1CCN(Cc2ccc(NC(=O)C3(S(C)(=O)=O)CCNCC3)cc2)CC1.Cl.Cl. The number of piperidine rings is 2. The van der Waals surface area contributed by atoms with Crippen LogP contribution in [-0.2, 0) is 21.2 Å². The van der Waals surface area contributed by atoms with Crippen LogP contribution in [0.5, 0.6) is 0 Å². The van der Waals surface area contributed by atoms with Crippen molar-refractivity contribution in [1.29, 1.82) is 0 Å². The van der Waals surface area contributed by atoms with E-state index in [1.807, 2.05) is 24.3 Å². The number of nitrogens with one attached hydrogen (secondary N) is 2. The molecular weight excluding hydrogens is 433 g/mol. The predicted molar refractivity (Wildman–Crippen MR) is 123 cm³/mol. The third-order valence-corrected chi connectivity index (χ3v) is 8.04. The molecule has 2 fully saturated rings. The Labute approximate surface area is 186 Å². The van der Waals surface area contributed by atoms with E-state index in [0.29, 0.717) is 31.6 Å². The van der Waals surface area contributed by atoms with Crippen LogP contribution in [0.2, 0.25) is 0 Å². The van der Waals surface area contributed by atoms with E-state index >= 15 is 0 Å². The highest BCUT2D eigenvalue weighted by atomic mass is 35.5. The number of hydrogen-bond donors (Lipinski definition) is 2. The molecule has 0 unspecified atom stereocenters. The number of anilines is 1. The molecule has 2 saturated heterocycles. The van der Waals surface area contributed by atoms with Gasteiger partial charge in [-0.3, -0.25) is 9.69 Å². The van der Waals surface area contributed by atoms with Gasteiger partial charge in [0.25, 0.3) is 0 Å². The maximum atomic E-state index is 12.8. The van der Waals surface area contributed by atoms with E-state index in [2.05, 4.69) is 22.5 Å².